The maximum Gasteiger partial charge on any atom is 0.227 e. The Labute approximate surface area is 130 Å². The fourth-order valence-electron chi connectivity index (χ4n) is 2.98. The van der Waals surface area contributed by atoms with Gasteiger partial charge in [-0.15, -0.1) is 0 Å². The molecule has 1 aliphatic rings. The Kier molecular flexibility index (Phi) is 4.09. The SMILES string of the molecule is COc1ccc(C)nc1C[C@@H]1CC(=O)N(c2ccccc2)C1. The second-order valence-corrected chi connectivity index (χ2v) is 5.72. The summed E-state index contributed by atoms with van der Waals surface area (Å²) in [6.45, 7) is 2.71. The molecule has 0 unspecified atom stereocenters. The summed E-state index contributed by atoms with van der Waals surface area (Å²) in [4.78, 5) is 18.7. The van der Waals surface area contributed by atoms with Crippen molar-refractivity contribution in [3.63, 3.8) is 0 Å². The number of para-hydroxylation sites is 1. The Morgan fingerprint density at radius 1 is 1.23 bits per heavy atom. The summed E-state index contributed by atoms with van der Waals surface area (Å²) in [5.41, 5.74) is 2.88. The minimum atomic E-state index is 0.183. The number of amides is 1. The number of carbonyl (C=O) groups excluding carboxylic acids is 1. The molecule has 1 atom stereocenters. The van der Waals surface area contributed by atoms with Crippen LogP contribution in [0.4, 0.5) is 5.69 Å². The number of pyridine rings is 1. The maximum absolute atomic E-state index is 12.3. The first-order valence-electron chi connectivity index (χ1n) is 7.53. The summed E-state index contributed by atoms with van der Waals surface area (Å²) >= 11 is 0. The Hall–Kier alpha value is -2.36. The topological polar surface area (TPSA) is 42.4 Å². The van der Waals surface area contributed by atoms with Gasteiger partial charge in [-0.1, -0.05) is 18.2 Å². The summed E-state index contributed by atoms with van der Waals surface area (Å²) in [5, 5.41) is 0. The highest BCUT2D eigenvalue weighted by molar-refractivity contribution is 5.95. The second kappa shape index (κ2) is 6.18. The van der Waals surface area contributed by atoms with Crippen LogP contribution in [0.15, 0.2) is 42.5 Å². The first-order chi connectivity index (χ1) is 10.7. The van der Waals surface area contributed by atoms with Crippen LogP contribution < -0.4 is 9.64 Å². The summed E-state index contributed by atoms with van der Waals surface area (Å²) in [5.74, 6) is 1.26. The van der Waals surface area contributed by atoms with E-state index < -0.39 is 0 Å². The van der Waals surface area contributed by atoms with Crippen LogP contribution in [0.1, 0.15) is 17.8 Å². The van der Waals surface area contributed by atoms with E-state index >= 15 is 0 Å². The number of methoxy groups -OCH3 is 1. The van der Waals surface area contributed by atoms with Crippen LogP contribution in [-0.4, -0.2) is 24.5 Å². The number of aryl methyl sites for hydroxylation is 1. The van der Waals surface area contributed by atoms with Gasteiger partial charge in [0.1, 0.15) is 5.75 Å². The molecule has 22 heavy (non-hydrogen) atoms. The molecule has 0 bridgehead atoms. The molecule has 4 heteroatoms. The second-order valence-electron chi connectivity index (χ2n) is 5.72. The molecule has 1 fully saturated rings. The molecule has 1 aliphatic heterocycles. The van der Waals surface area contributed by atoms with E-state index in [0.717, 1.165) is 35.8 Å². The third-order valence-electron chi connectivity index (χ3n) is 4.05. The molecule has 1 aromatic heterocycles. The lowest BCUT2D eigenvalue weighted by atomic mass is 10.0. The van der Waals surface area contributed by atoms with Gasteiger partial charge in [0.15, 0.2) is 0 Å². The Morgan fingerprint density at radius 3 is 2.73 bits per heavy atom. The summed E-state index contributed by atoms with van der Waals surface area (Å²) < 4.78 is 5.39. The number of anilines is 1. The number of aromatic nitrogens is 1. The molecule has 0 N–H and O–H groups in total. The van der Waals surface area contributed by atoms with E-state index in [0.29, 0.717) is 6.42 Å². The quantitative estimate of drug-likeness (QED) is 0.871. The Morgan fingerprint density at radius 2 is 2.00 bits per heavy atom. The lowest BCUT2D eigenvalue weighted by Gasteiger charge is -2.17. The summed E-state index contributed by atoms with van der Waals surface area (Å²) in [7, 11) is 1.66. The van der Waals surface area contributed by atoms with Gasteiger partial charge < -0.3 is 9.64 Å². The molecule has 114 valence electrons. The third-order valence-corrected chi connectivity index (χ3v) is 4.05. The van der Waals surface area contributed by atoms with Gasteiger partial charge in [0.25, 0.3) is 0 Å². The van der Waals surface area contributed by atoms with Crippen molar-refractivity contribution in [2.75, 3.05) is 18.6 Å². The summed E-state index contributed by atoms with van der Waals surface area (Å²) in [6, 6.07) is 13.7. The molecule has 2 aromatic rings. The predicted octanol–water partition coefficient (Wildman–Crippen LogP) is 2.99. The zero-order valence-electron chi connectivity index (χ0n) is 13.0. The van der Waals surface area contributed by atoms with Crippen molar-refractivity contribution in [3.8, 4) is 5.75 Å². The molecule has 0 saturated carbocycles. The number of hydrogen-bond acceptors (Lipinski definition) is 3. The molecule has 3 rings (SSSR count). The highest BCUT2D eigenvalue weighted by atomic mass is 16.5. The van der Waals surface area contributed by atoms with Crippen molar-refractivity contribution < 1.29 is 9.53 Å². The van der Waals surface area contributed by atoms with Gasteiger partial charge in [0.05, 0.1) is 12.8 Å². The highest BCUT2D eigenvalue weighted by Gasteiger charge is 2.31. The lowest BCUT2D eigenvalue weighted by Crippen LogP contribution is -2.24. The van der Waals surface area contributed by atoms with Crippen LogP contribution >= 0.6 is 0 Å². The number of nitrogens with zero attached hydrogens (tertiary/aromatic N) is 2. The first-order valence-corrected chi connectivity index (χ1v) is 7.53. The van der Waals surface area contributed by atoms with Crippen LogP contribution in [0, 0.1) is 12.8 Å². The fraction of sp³-hybridized carbons (Fsp3) is 0.333. The van der Waals surface area contributed by atoms with E-state index in [2.05, 4.69) is 4.98 Å². The Balaban J connectivity index is 1.76. The number of hydrogen-bond donors (Lipinski definition) is 0. The Bertz CT molecular complexity index is 670. The van der Waals surface area contributed by atoms with Crippen molar-refractivity contribution in [1.29, 1.82) is 0 Å². The molecule has 4 nitrogen and oxygen atoms in total. The van der Waals surface area contributed by atoms with E-state index in [1.54, 1.807) is 7.11 Å². The molecule has 0 radical (unpaired) electrons. The van der Waals surface area contributed by atoms with Crippen LogP contribution in [0.25, 0.3) is 0 Å². The summed E-state index contributed by atoms with van der Waals surface area (Å²) in [6.07, 6.45) is 1.33. The van der Waals surface area contributed by atoms with Crippen molar-refractivity contribution in [2.24, 2.45) is 5.92 Å². The van der Waals surface area contributed by atoms with Crippen molar-refractivity contribution in [2.45, 2.75) is 19.8 Å². The molecule has 1 aromatic carbocycles. The molecule has 0 aliphatic carbocycles. The smallest absolute Gasteiger partial charge is 0.227 e. The zero-order valence-corrected chi connectivity index (χ0v) is 13.0. The van der Waals surface area contributed by atoms with Crippen molar-refractivity contribution >= 4 is 11.6 Å². The standard InChI is InChI=1S/C18H20N2O2/c1-13-8-9-17(22-2)16(19-13)10-14-11-18(21)20(12-14)15-6-4-3-5-7-15/h3-9,14H,10-12H2,1-2H3/t14-/m1/s1. The maximum atomic E-state index is 12.3. The predicted molar refractivity (Wildman–Crippen MR) is 86.1 cm³/mol. The molecule has 1 amide bonds. The van der Waals surface area contributed by atoms with Crippen LogP contribution in [-0.2, 0) is 11.2 Å². The molecule has 1 saturated heterocycles. The van der Waals surface area contributed by atoms with Crippen LogP contribution in [0.5, 0.6) is 5.75 Å². The number of ether oxygens (including phenoxy) is 1. The largest absolute Gasteiger partial charge is 0.495 e. The number of carbonyl (C=O) groups is 1. The molecular formula is C18H20N2O2. The van der Waals surface area contributed by atoms with Gasteiger partial charge in [-0.2, -0.15) is 0 Å². The average molecular weight is 296 g/mol. The normalized spacial score (nSPS) is 17.8. The molecule has 0 spiro atoms. The minimum Gasteiger partial charge on any atom is -0.495 e. The fourth-order valence-corrected chi connectivity index (χ4v) is 2.98. The van der Waals surface area contributed by atoms with E-state index in [9.17, 15) is 4.79 Å². The van der Waals surface area contributed by atoms with Gasteiger partial charge in [0.2, 0.25) is 5.91 Å². The monoisotopic (exact) mass is 296 g/mol. The van der Waals surface area contributed by atoms with Crippen molar-refractivity contribution in [1.82, 2.24) is 4.98 Å². The molecule has 2 heterocycles. The van der Waals surface area contributed by atoms with Gasteiger partial charge in [-0.05, 0) is 43.5 Å². The highest BCUT2D eigenvalue weighted by Crippen LogP contribution is 2.29. The number of rotatable bonds is 4. The van der Waals surface area contributed by atoms with Gasteiger partial charge in [-0.25, -0.2) is 0 Å². The van der Waals surface area contributed by atoms with Crippen molar-refractivity contribution in [3.05, 3.63) is 53.9 Å². The zero-order chi connectivity index (χ0) is 15.5. The van der Waals surface area contributed by atoms with Crippen LogP contribution in [0.3, 0.4) is 0 Å². The molecular weight excluding hydrogens is 276 g/mol. The van der Waals surface area contributed by atoms with Crippen LogP contribution in [0.2, 0.25) is 0 Å². The van der Waals surface area contributed by atoms with E-state index in [-0.39, 0.29) is 11.8 Å². The van der Waals surface area contributed by atoms with E-state index in [4.69, 9.17) is 4.74 Å². The third kappa shape index (κ3) is 2.96. The first kappa shape index (κ1) is 14.6. The number of benzene rings is 1. The van der Waals surface area contributed by atoms with E-state index in [1.807, 2.05) is 54.3 Å². The average Bonchev–Trinajstić information content (AvgIpc) is 2.89. The van der Waals surface area contributed by atoms with E-state index in [1.165, 1.54) is 0 Å². The lowest BCUT2D eigenvalue weighted by molar-refractivity contribution is -0.117. The van der Waals surface area contributed by atoms with Gasteiger partial charge in [-0.3, -0.25) is 9.78 Å². The van der Waals surface area contributed by atoms with Gasteiger partial charge >= 0.3 is 0 Å². The van der Waals surface area contributed by atoms with Gasteiger partial charge in [0, 0.05) is 24.3 Å². The minimum absolute atomic E-state index is 0.183.